The highest BCUT2D eigenvalue weighted by molar-refractivity contribution is 7.93. The number of anilines is 3. The lowest BCUT2D eigenvalue weighted by Crippen LogP contribution is -2.13. The summed E-state index contributed by atoms with van der Waals surface area (Å²) in [6.07, 6.45) is 0.540. The summed E-state index contributed by atoms with van der Waals surface area (Å²) in [5.41, 5.74) is 1.86. The van der Waals surface area contributed by atoms with E-state index in [0.717, 1.165) is 11.3 Å². The number of rotatable bonds is 9. The Morgan fingerprint density at radius 3 is 2.22 bits per heavy atom. The van der Waals surface area contributed by atoms with Crippen molar-refractivity contribution in [3.8, 4) is 5.75 Å². The zero-order valence-electron chi connectivity index (χ0n) is 17.4. The Hall–Kier alpha value is -3.44. The zero-order chi connectivity index (χ0) is 23.1. The summed E-state index contributed by atoms with van der Waals surface area (Å²) >= 11 is 1.15. The molecule has 0 radical (unpaired) electrons. The molecule has 2 amide bonds. The van der Waals surface area contributed by atoms with Crippen LogP contribution in [0.25, 0.3) is 0 Å². The minimum Gasteiger partial charge on any atom is -0.497 e. The van der Waals surface area contributed by atoms with Crippen molar-refractivity contribution in [3.05, 3.63) is 59.6 Å². The van der Waals surface area contributed by atoms with E-state index >= 15 is 0 Å². The lowest BCUT2D eigenvalue weighted by atomic mass is 10.2. The molecule has 3 rings (SSSR count). The molecule has 0 bridgehead atoms. The van der Waals surface area contributed by atoms with Gasteiger partial charge in [-0.1, -0.05) is 0 Å². The summed E-state index contributed by atoms with van der Waals surface area (Å²) in [6, 6.07) is 12.8. The summed E-state index contributed by atoms with van der Waals surface area (Å²) in [4.78, 5) is 27.6. The van der Waals surface area contributed by atoms with Gasteiger partial charge in [0.05, 0.1) is 17.7 Å². The summed E-state index contributed by atoms with van der Waals surface area (Å²) < 4.78 is 32.5. The highest BCUT2D eigenvalue weighted by Crippen LogP contribution is 2.22. The van der Waals surface area contributed by atoms with Crippen molar-refractivity contribution in [3.63, 3.8) is 0 Å². The number of nitrogens with one attached hydrogen (secondary N) is 3. The Labute approximate surface area is 189 Å². The number of hydrogen-bond acceptors (Lipinski definition) is 7. The van der Waals surface area contributed by atoms with E-state index in [1.165, 1.54) is 26.2 Å². The first-order valence-electron chi connectivity index (χ1n) is 9.54. The predicted octanol–water partition coefficient (Wildman–Crippen LogP) is 3.48. The van der Waals surface area contributed by atoms with Crippen LogP contribution < -0.4 is 20.1 Å². The third-order valence-corrected chi connectivity index (χ3v) is 6.53. The van der Waals surface area contributed by atoms with Gasteiger partial charge >= 0.3 is 0 Å². The molecule has 0 spiro atoms. The first kappa shape index (κ1) is 23.2. The van der Waals surface area contributed by atoms with Gasteiger partial charge in [-0.2, -0.15) is 0 Å². The van der Waals surface area contributed by atoms with E-state index in [4.69, 9.17) is 4.74 Å². The van der Waals surface area contributed by atoms with Gasteiger partial charge in [0.1, 0.15) is 5.75 Å². The Balaban J connectivity index is 1.52. The fraction of sp³-hybridized carbons (Fsp3) is 0.190. The van der Waals surface area contributed by atoms with Crippen LogP contribution in [0.4, 0.5) is 16.5 Å². The molecule has 0 saturated carbocycles. The first-order chi connectivity index (χ1) is 15.2. The zero-order valence-corrected chi connectivity index (χ0v) is 19.0. The monoisotopic (exact) mass is 474 g/mol. The van der Waals surface area contributed by atoms with Crippen LogP contribution in [-0.2, 0) is 26.0 Å². The molecule has 1 heterocycles. The van der Waals surface area contributed by atoms with Crippen LogP contribution in [-0.4, -0.2) is 32.3 Å². The van der Waals surface area contributed by atoms with E-state index in [1.54, 1.807) is 41.8 Å². The maximum atomic E-state index is 12.5. The van der Waals surface area contributed by atoms with Crippen molar-refractivity contribution in [2.24, 2.45) is 0 Å². The van der Waals surface area contributed by atoms with Gasteiger partial charge in [-0.3, -0.25) is 14.3 Å². The van der Waals surface area contributed by atoms with Gasteiger partial charge in [-0.05, 0) is 55.0 Å². The van der Waals surface area contributed by atoms with Gasteiger partial charge in [0, 0.05) is 30.1 Å². The topological polar surface area (TPSA) is 126 Å². The Kier molecular flexibility index (Phi) is 7.44. The molecule has 0 atom stereocenters. The van der Waals surface area contributed by atoms with Crippen molar-refractivity contribution in [1.82, 2.24) is 4.98 Å². The van der Waals surface area contributed by atoms with Gasteiger partial charge in [0.2, 0.25) is 11.8 Å². The minimum absolute atomic E-state index is 0.0962. The SMILES string of the molecule is COc1ccc(S(=O)(=O)Nc2nc(CCC(=O)Nc3ccc(NC(C)=O)cc3)cs2)cc1. The van der Waals surface area contributed by atoms with Crippen LogP contribution in [0, 0.1) is 0 Å². The van der Waals surface area contributed by atoms with Gasteiger partial charge < -0.3 is 15.4 Å². The van der Waals surface area contributed by atoms with E-state index in [1.807, 2.05) is 0 Å². The highest BCUT2D eigenvalue weighted by Gasteiger charge is 2.16. The molecule has 0 saturated heterocycles. The molecule has 168 valence electrons. The summed E-state index contributed by atoms with van der Waals surface area (Å²) in [6.45, 7) is 1.42. The van der Waals surface area contributed by atoms with Crippen molar-refractivity contribution >= 4 is 49.7 Å². The number of thiazole rings is 1. The molecule has 0 aliphatic heterocycles. The molecule has 2 aromatic carbocycles. The molecule has 0 aliphatic rings. The van der Waals surface area contributed by atoms with E-state index in [2.05, 4.69) is 20.3 Å². The fourth-order valence-electron chi connectivity index (χ4n) is 2.70. The lowest BCUT2D eigenvalue weighted by Gasteiger charge is -2.07. The number of aryl methyl sites for hydroxylation is 1. The number of ether oxygens (including phenoxy) is 1. The lowest BCUT2D eigenvalue weighted by molar-refractivity contribution is -0.116. The van der Waals surface area contributed by atoms with Gasteiger partial charge in [0.15, 0.2) is 5.13 Å². The molecule has 32 heavy (non-hydrogen) atoms. The van der Waals surface area contributed by atoms with Crippen LogP contribution in [0.1, 0.15) is 19.0 Å². The second-order valence-corrected chi connectivity index (χ2v) is 9.27. The van der Waals surface area contributed by atoms with Gasteiger partial charge in [-0.25, -0.2) is 13.4 Å². The van der Waals surface area contributed by atoms with Crippen molar-refractivity contribution < 1.29 is 22.7 Å². The largest absolute Gasteiger partial charge is 0.497 e. The summed E-state index contributed by atoms with van der Waals surface area (Å²) in [5.74, 6) is 0.184. The number of carbonyl (C=O) groups is 2. The molecule has 3 N–H and O–H groups in total. The van der Waals surface area contributed by atoms with E-state index < -0.39 is 10.0 Å². The maximum Gasteiger partial charge on any atom is 0.263 e. The second-order valence-electron chi connectivity index (χ2n) is 6.73. The van der Waals surface area contributed by atoms with Crippen molar-refractivity contribution in [1.29, 1.82) is 0 Å². The van der Waals surface area contributed by atoms with Crippen molar-refractivity contribution in [2.45, 2.75) is 24.7 Å². The summed E-state index contributed by atoms with van der Waals surface area (Å²) in [7, 11) is -2.27. The Morgan fingerprint density at radius 2 is 1.62 bits per heavy atom. The molecule has 0 aliphatic carbocycles. The molecule has 9 nitrogen and oxygen atoms in total. The number of carbonyl (C=O) groups excluding carboxylic acids is 2. The minimum atomic E-state index is -3.77. The second kappa shape index (κ2) is 10.2. The number of benzene rings is 2. The summed E-state index contributed by atoms with van der Waals surface area (Å²) in [5, 5.41) is 7.36. The third kappa shape index (κ3) is 6.53. The van der Waals surface area contributed by atoms with Crippen LogP contribution in [0.15, 0.2) is 58.8 Å². The van der Waals surface area contributed by atoms with Gasteiger partial charge in [0.25, 0.3) is 10.0 Å². The Bertz CT molecular complexity index is 1190. The first-order valence-corrected chi connectivity index (χ1v) is 11.9. The molecule has 1 aromatic heterocycles. The smallest absolute Gasteiger partial charge is 0.263 e. The number of nitrogens with zero attached hydrogens (tertiary/aromatic N) is 1. The number of methoxy groups -OCH3 is 1. The molecule has 3 aromatic rings. The quantitative estimate of drug-likeness (QED) is 0.436. The van der Waals surface area contributed by atoms with E-state index in [-0.39, 0.29) is 28.3 Å². The highest BCUT2D eigenvalue weighted by atomic mass is 32.2. The van der Waals surface area contributed by atoms with E-state index in [0.29, 0.717) is 29.2 Å². The van der Waals surface area contributed by atoms with Crippen molar-refractivity contribution in [2.75, 3.05) is 22.5 Å². The predicted molar refractivity (Wildman–Crippen MR) is 124 cm³/mol. The average molecular weight is 475 g/mol. The molecule has 11 heteroatoms. The van der Waals surface area contributed by atoms with Crippen LogP contribution in [0.3, 0.4) is 0 Å². The third-order valence-electron chi connectivity index (χ3n) is 4.24. The maximum absolute atomic E-state index is 12.5. The number of hydrogen-bond donors (Lipinski definition) is 3. The number of amides is 2. The standard InChI is InChI=1S/C21H22N4O5S2/c1-14(26)22-15-3-5-16(6-4-15)23-20(27)12-7-17-13-31-21(24-17)25-32(28,29)19-10-8-18(30-2)9-11-19/h3-6,8-11,13H,7,12H2,1-2H3,(H,22,26)(H,23,27)(H,24,25). The number of aromatic nitrogens is 1. The van der Waals surface area contributed by atoms with Crippen LogP contribution in [0.5, 0.6) is 5.75 Å². The Morgan fingerprint density at radius 1 is 1.00 bits per heavy atom. The van der Waals surface area contributed by atoms with Crippen LogP contribution in [0.2, 0.25) is 0 Å². The normalized spacial score (nSPS) is 10.9. The molecular weight excluding hydrogens is 452 g/mol. The number of sulfonamides is 1. The fourth-order valence-corrected chi connectivity index (χ4v) is 4.70. The molecular formula is C21H22N4O5S2. The van der Waals surface area contributed by atoms with Crippen LogP contribution >= 0.6 is 11.3 Å². The van der Waals surface area contributed by atoms with E-state index in [9.17, 15) is 18.0 Å². The average Bonchev–Trinajstić information content (AvgIpc) is 3.20. The molecule has 0 unspecified atom stereocenters. The molecule has 0 fully saturated rings. The van der Waals surface area contributed by atoms with Gasteiger partial charge in [-0.15, -0.1) is 11.3 Å².